The summed E-state index contributed by atoms with van der Waals surface area (Å²) >= 11 is 0. The van der Waals surface area contributed by atoms with E-state index in [1.54, 1.807) is 24.7 Å². The Morgan fingerprint density at radius 3 is 2.67 bits per heavy atom. The molecule has 2 heterocycles. The minimum Gasteiger partial charge on any atom is -0.497 e. The van der Waals surface area contributed by atoms with Crippen molar-refractivity contribution in [1.82, 2.24) is 10.4 Å². The van der Waals surface area contributed by atoms with Crippen LogP contribution in [0.3, 0.4) is 0 Å². The van der Waals surface area contributed by atoms with Crippen LogP contribution in [0.2, 0.25) is 0 Å². The highest BCUT2D eigenvalue weighted by Gasteiger charge is 2.29. The average molecular weight is 409 g/mol. The van der Waals surface area contributed by atoms with E-state index in [1.807, 2.05) is 25.1 Å². The lowest BCUT2D eigenvalue weighted by molar-refractivity contribution is -0.121. The molecule has 0 aliphatic carbocycles. The minimum atomic E-state index is -0.603. The third-order valence-corrected chi connectivity index (χ3v) is 5.52. The standard InChI is InChI=1S/C22H23N3O5/c1-13(21(26)23-15-5-3-14(4-6-15)22(27)24-28)25-10-9-18-17-8-7-16(29-2)11-19(17)30-20(18)12-25/h3-8,11,13,28H,9-10,12H2,1-2H3,(H,23,26)(H,24,27)/t13-/m0/s1. The van der Waals surface area contributed by atoms with Crippen molar-refractivity contribution in [2.24, 2.45) is 0 Å². The lowest BCUT2D eigenvalue weighted by atomic mass is 10.0. The molecule has 0 radical (unpaired) electrons. The number of methoxy groups -OCH3 is 1. The van der Waals surface area contributed by atoms with Crippen LogP contribution in [-0.2, 0) is 17.8 Å². The van der Waals surface area contributed by atoms with Gasteiger partial charge in [-0.2, -0.15) is 0 Å². The van der Waals surface area contributed by atoms with Gasteiger partial charge < -0.3 is 14.5 Å². The summed E-state index contributed by atoms with van der Waals surface area (Å²) in [5.41, 5.74) is 4.44. The Bertz CT molecular complexity index is 1090. The van der Waals surface area contributed by atoms with Gasteiger partial charge in [-0.15, -0.1) is 0 Å². The predicted octanol–water partition coefficient (Wildman–Crippen LogP) is 2.95. The molecule has 4 rings (SSSR count). The van der Waals surface area contributed by atoms with Crippen molar-refractivity contribution < 1.29 is 24.0 Å². The van der Waals surface area contributed by atoms with Gasteiger partial charge in [0.15, 0.2) is 0 Å². The van der Waals surface area contributed by atoms with Gasteiger partial charge in [-0.1, -0.05) is 0 Å². The van der Waals surface area contributed by atoms with Crippen molar-refractivity contribution >= 4 is 28.5 Å². The zero-order valence-corrected chi connectivity index (χ0v) is 16.8. The van der Waals surface area contributed by atoms with E-state index in [2.05, 4.69) is 10.2 Å². The second kappa shape index (κ2) is 8.17. The van der Waals surface area contributed by atoms with Crippen molar-refractivity contribution in [1.29, 1.82) is 0 Å². The van der Waals surface area contributed by atoms with Crippen molar-refractivity contribution in [2.45, 2.75) is 25.9 Å². The molecule has 1 atom stereocenters. The number of carbonyl (C=O) groups excluding carboxylic acids is 2. The largest absolute Gasteiger partial charge is 0.497 e. The van der Waals surface area contributed by atoms with Crippen LogP contribution in [0.1, 0.15) is 28.6 Å². The maximum absolute atomic E-state index is 12.7. The third kappa shape index (κ3) is 3.74. The first-order chi connectivity index (χ1) is 14.5. The molecule has 1 aliphatic heterocycles. The van der Waals surface area contributed by atoms with Crippen LogP contribution in [0.4, 0.5) is 5.69 Å². The van der Waals surface area contributed by atoms with Crippen LogP contribution in [0.5, 0.6) is 5.75 Å². The molecule has 1 aromatic heterocycles. The zero-order valence-electron chi connectivity index (χ0n) is 16.8. The van der Waals surface area contributed by atoms with Gasteiger partial charge in [0, 0.05) is 34.8 Å². The van der Waals surface area contributed by atoms with Crippen molar-refractivity contribution in [3.05, 3.63) is 59.4 Å². The van der Waals surface area contributed by atoms with Crippen LogP contribution < -0.4 is 15.5 Å². The SMILES string of the molecule is COc1ccc2c3c(oc2c1)CN([C@@H](C)C(=O)Nc1ccc(C(=O)NO)cc1)CC3. The van der Waals surface area contributed by atoms with Gasteiger partial charge in [0.05, 0.1) is 19.7 Å². The second-order valence-electron chi connectivity index (χ2n) is 7.27. The Hall–Kier alpha value is -3.36. The van der Waals surface area contributed by atoms with Gasteiger partial charge in [-0.3, -0.25) is 19.7 Å². The van der Waals surface area contributed by atoms with Crippen LogP contribution in [0.25, 0.3) is 11.0 Å². The average Bonchev–Trinajstić information content (AvgIpc) is 3.15. The number of fused-ring (bicyclic) bond motifs is 3. The molecule has 0 saturated carbocycles. The third-order valence-electron chi connectivity index (χ3n) is 5.52. The molecular weight excluding hydrogens is 386 g/mol. The summed E-state index contributed by atoms with van der Waals surface area (Å²) in [4.78, 5) is 26.2. The van der Waals surface area contributed by atoms with Crippen LogP contribution in [0.15, 0.2) is 46.9 Å². The number of anilines is 1. The van der Waals surface area contributed by atoms with E-state index in [-0.39, 0.29) is 11.9 Å². The first-order valence-corrected chi connectivity index (χ1v) is 9.68. The molecule has 156 valence electrons. The highest BCUT2D eigenvalue weighted by molar-refractivity contribution is 5.96. The molecule has 30 heavy (non-hydrogen) atoms. The van der Waals surface area contributed by atoms with Gasteiger partial charge in [0.1, 0.15) is 17.1 Å². The summed E-state index contributed by atoms with van der Waals surface area (Å²) in [5, 5.41) is 12.6. The Morgan fingerprint density at radius 1 is 1.20 bits per heavy atom. The number of benzene rings is 2. The number of rotatable bonds is 5. The molecule has 8 heteroatoms. The lowest BCUT2D eigenvalue weighted by Gasteiger charge is -2.30. The number of nitrogens with zero attached hydrogens (tertiary/aromatic N) is 1. The van der Waals surface area contributed by atoms with E-state index < -0.39 is 5.91 Å². The number of furan rings is 1. The number of hydrogen-bond donors (Lipinski definition) is 3. The molecule has 2 aromatic carbocycles. The number of carbonyl (C=O) groups is 2. The van der Waals surface area contributed by atoms with Crippen LogP contribution in [0, 0.1) is 0 Å². The summed E-state index contributed by atoms with van der Waals surface area (Å²) in [6.45, 7) is 3.16. The minimum absolute atomic E-state index is 0.143. The molecule has 8 nitrogen and oxygen atoms in total. The molecule has 0 spiro atoms. The summed E-state index contributed by atoms with van der Waals surface area (Å²) < 4.78 is 11.3. The first-order valence-electron chi connectivity index (χ1n) is 9.68. The summed E-state index contributed by atoms with van der Waals surface area (Å²) in [5.74, 6) is 0.883. The number of ether oxygens (including phenoxy) is 1. The van der Waals surface area contributed by atoms with Crippen LogP contribution >= 0.6 is 0 Å². The molecule has 2 amide bonds. The highest BCUT2D eigenvalue weighted by Crippen LogP contribution is 2.33. The molecule has 0 unspecified atom stereocenters. The fourth-order valence-electron chi connectivity index (χ4n) is 3.74. The molecular formula is C22H23N3O5. The van der Waals surface area contributed by atoms with Gasteiger partial charge >= 0.3 is 0 Å². The maximum atomic E-state index is 12.7. The fraction of sp³-hybridized carbons (Fsp3) is 0.273. The van der Waals surface area contributed by atoms with E-state index in [4.69, 9.17) is 14.4 Å². The van der Waals surface area contributed by atoms with E-state index >= 15 is 0 Å². The highest BCUT2D eigenvalue weighted by atomic mass is 16.5. The fourth-order valence-corrected chi connectivity index (χ4v) is 3.74. The van der Waals surface area contributed by atoms with Gasteiger partial charge in [0.2, 0.25) is 5.91 Å². The van der Waals surface area contributed by atoms with Gasteiger partial charge in [-0.05, 0) is 49.7 Å². The Labute approximate surface area is 173 Å². The number of nitrogens with one attached hydrogen (secondary N) is 2. The van der Waals surface area contributed by atoms with Gasteiger partial charge in [-0.25, -0.2) is 5.48 Å². The van der Waals surface area contributed by atoms with E-state index in [1.165, 1.54) is 17.7 Å². The molecule has 0 bridgehead atoms. The quantitative estimate of drug-likeness (QED) is 0.442. The normalized spacial score (nSPS) is 14.8. The Kier molecular flexibility index (Phi) is 5.43. The molecule has 0 fully saturated rings. The lowest BCUT2D eigenvalue weighted by Crippen LogP contribution is -2.44. The predicted molar refractivity (Wildman–Crippen MR) is 111 cm³/mol. The summed E-state index contributed by atoms with van der Waals surface area (Å²) in [7, 11) is 1.63. The molecule has 3 N–H and O–H groups in total. The van der Waals surface area contributed by atoms with Crippen molar-refractivity contribution in [3.63, 3.8) is 0 Å². The van der Waals surface area contributed by atoms with Crippen molar-refractivity contribution in [3.8, 4) is 5.75 Å². The smallest absolute Gasteiger partial charge is 0.274 e. The number of hydroxylamine groups is 1. The van der Waals surface area contributed by atoms with E-state index in [0.29, 0.717) is 17.8 Å². The van der Waals surface area contributed by atoms with E-state index in [0.717, 1.165) is 35.4 Å². The summed E-state index contributed by atoms with van der Waals surface area (Å²) in [6.07, 6.45) is 0.803. The molecule has 0 saturated heterocycles. The number of amides is 2. The Balaban J connectivity index is 1.44. The van der Waals surface area contributed by atoms with Gasteiger partial charge in [0.25, 0.3) is 5.91 Å². The molecule has 1 aliphatic rings. The monoisotopic (exact) mass is 409 g/mol. The Morgan fingerprint density at radius 2 is 1.97 bits per heavy atom. The van der Waals surface area contributed by atoms with Crippen molar-refractivity contribution in [2.75, 3.05) is 19.0 Å². The topological polar surface area (TPSA) is 104 Å². The maximum Gasteiger partial charge on any atom is 0.274 e. The molecule has 3 aromatic rings. The number of hydrogen-bond acceptors (Lipinski definition) is 6. The first kappa shape index (κ1) is 19.9. The second-order valence-corrected chi connectivity index (χ2v) is 7.27. The zero-order chi connectivity index (χ0) is 21.3. The summed E-state index contributed by atoms with van der Waals surface area (Å²) in [6, 6.07) is 11.8. The van der Waals surface area contributed by atoms with Crippen LogP contribution in [-0.4, -0.2) is 41.6 Å². The van der Waals surface area contributed by atoms with E-state index in [9.17, 15) is 9.59 Å².